The standard InChI is InChI=1S/C23H25F5N2O.C20H25F2N3O2.C19H26N4O2.C18H23N5O2.CH4/c1-22(24,25)18-12-19(23(26,27)28)14-20(13-18)29-21(31)15-30-9-7-17(8-10-30)11-16-5-3-2-4-6-16;1-14-12-17(18(27-14)20(2,21)22)24-19(26)23-16-8-10-25(11-9-16)13-15-6-4-3-5-7-15;1-13-10-23(12-16-7-5-4-6-8-16)11-14(2)18(13)21-19(24)20-17-9-15(3)25-22-17;24-18(21-16-6-9-19-12-17(16)22-25)20-15-7-10-23(11-8-15)13-14-4-2-1-3-5-14;/h2-6,12-14,17H,7-11,15H2,1H3,(H,29,31);3-7,12,16H,8-11,13H2,1-2H3,(H2,23,24,26);4-9,13-14,18H,10-12H2,1-3H3,(H2,20,21,22,24);1-6,9,12,15H,7-8,10-11,13,22H2,(H2,19,20,21,24);1H4. The predicted octanol–water partition coefficient (Wildman–Crippen LogP) is 15.7. The fourth-order valence-corrected chi connectivity index (χ4v) is 13.9. The van der Waals surface area contributed by atoms with Crippen molar-refractivity contribution in [2.24, 2.45) is 17.8 Å². The average molecular weight is 1520 g/mol. The molecule has 4 aliphatic rings. The number of nitrogens with two attached hydrogens (primary N) is 1. The number of rotatable bonds is 20. The number of carbonyl (C=O) groups excluding carboxylic acids is 4. The van der Waals surface area contributed by atoms with Crippen LogP contribution in [0.15, 0.2) is 179 Å². The number of pyridine rings is 1. The topological polar surface area (TPSA) is 257 Å². The zero-order chi connectivity index (χ0) is 77.4. The van der Waals surface area contributed by atoms with Crippen LogP contribution in [0.4, 0.5) is 73.7 Å². The fraction of sp³-hybridized carbons (Fsp3) is 0.432. The second-order valence-electron chi connectivity index (χ2n) is 28.6. The number of quaternary nitrogens is 1. The first-order valence-electron chi connectivity index (χ1n) is 36.6. The van der Waals surface area contributed by atoms with E-state index in [1.807, 2.05) is 53.4 Å². The summed E-state index contributed by atoms with van der Waals surface area (Å²) in [5.74, 6) is -4.95. The Morgan fingerprint density at radius 3 is 1.47 bits per heavy atom. The highest BCUT2D eigenvalue weighted by Gasteiger charge is 2.37. The van der Waals surface area contributed by atoms with E-state index in [2.05, 4.69) is 149 Å². The number of halogens is 7. The van der Waals surface area contributed by atoms with Gasteiger partial charge in [0.05, 0.1) is 24.0 Å². The normalized spacial score (nSPS) is 17.8. The summed E-state index contributed by atoms with van der Waals surface area (Å²) in [5.41, 5.74) is 4.43. The molecule has 5 aromatic carbocycles. The molecule has 7 heterocycles. The summed E-state index contributed by atoms with van der Waals surface area (Å²) in [4.78, 5) is 62.0. The summed E-state index contributed by atoms with van der Waals surface area (Å²) in [5, 5.41) is 34.0. The van der Waals surface area contributed by atoms with Crippen molar-refractivity contribution in [2.45, 2.75) is 150 Å². The van der Waals surface area contributed by atoms with Crippen LogP contribution in [-0.4, -0.2) is 131 Å². The number of alkyl halides is 7. The van der Waals surface area contributed by atoms with Crippen molar-refractivity contribution >= 4 is 52.6 Å². The van der Waals surface area contributed by atoms with Gasteiger partial charge in [0, 0.05) is 120 Å². The molecule has 7 amide bonds. The molecule has 588 valence electrons. The molecule has 8 aromatic rings. The number of benzene rings is 5. The molecular weight excluding hydrogens is 1410 g/mol. The quantitative estimate of drug-likeness (QED) is 0.0261. The summed E-state index contributed by atoms with van der Waals surface area (Å²) in [6.07, 6.45) is 4.46. The van der Waals surface area contributed by atoms with Crippen LogP contribution in [0, 0.1) is 36.8 Å². The number of nitrogens with one attached hydrogen (secondary N) is 7. The van der Waals surface area contributed by atoms with E-state index in [-0.39, 0.29) is 55.5 Å². The number of anilines is 4. The van der Waals surface area contributed by atoms with Crippen LogP contribution in [0.5, 0.6) is 0 Å². The van der Waals surface area contributed by atoms with Crippen molar-refractivity contribution in [1.29, 1.82) is 0 Å². The monoisotopic (exact) mass is 1520 g/mol. The number of hydrogen-bond acceptors (Lipinski definition) is 13. The van der Waals surface area contributed by atoms with E-state index in [9.17, 15) is 55.1 Å². The molecule has 2 atom stereocenters. The van der Waals surface area contributed by atoms with Gasteiger partial charge >= 0.3 is 30.2 Å². The van der Waals surface area contributed by atoms with E-state index in [4.69, 9.17) is 8.94 Å². The number of piperidine rings is 4. The van der Waals surface area contributed by atoms with Gasteiger partial charge in [-0.05, 0) is 136 Å². The van der Waals surface area contributed by atoms with Gasteiger partial charge in [-0.1, -0.05) is 148 Å². The maximum atomic E-state index is 13.6. The zero-order valence-electron chi connectivity index (χ0n) is 61.8. The Bertz CT molecular complexity index is 4050. The van der Waals surface area contributed by atoms with Crippen LogP contribution in [-0.2, 0) is 48.9 Å². The molecule has 3 aromatic heterocycles. The molecule has 9 N–H and O–H groups in total. The van der Waals surface area contributed by atoms with Gasteiger partial charge in [-0.15, -0.1) is 0 Å². The van der Waals surface area contributed by atoms with E-state index >= 15 is 0 Å². The smallest absolute Gasteiger partial charge is 0.416 e. The number of hydrogen-bond donors (Lipinski definition) is 8. The minimum atomic E-state index is -4.79. The highest BCUT2D eigenvalue weighted by Crippen LogP contribution is 2.38. The van der Waals surface area contributed by atoms with Crippen LogP contribution in [0.2, 0.25) is 0 Å². The molecule has 109 heavy (non-hydrogen) atoms. The summed E-state index contributed by atoms with van der Waals surface area (Å²) in [7, 11) is 0. The Kier molecular flexibility index (Phi) is 31.7. The predicted molar refractivity (Wildman–Crippen MR) is 409 cm³/mol. The molecule has 28 heteroatoms. The Morgan fingerprint density at radius 2 is 1.00 bits per heavy atom. The number of likely N-dealkylation sites (tertiary alicyclic amines) is 4. The van der Waals surface area contributed by atoms with E-state index in [1.54, 1.807) is 32.2 Å². The van der Waals surface area contributed by atoms with Gasteiger partial charge in [0.15, 0.2) is 17.3 Å². The van der Waals surface area contributed by atoms with Gasteiger partial charge in [-0.25, -0.2) is 23.2 Å². The lowest BCUT2D eigenvalue weighted by Gasteiger charge is -2.41. The molecule has 4 saturated heterocycles. The molecule has 0 bridgehead atoms. The van der Waals surface area contributed by atoms with E-state index < -0.39 is 46.8 Å². The highest BCUT2D eigenvalue weighted by atomic mass is 19.4. The SMILES string of the molecule is C.CC(F)(F)c1cc(NC(=O)CN2CCC(Cc3ccccc3)CC2)cc(C(F)(F)F)c1.Cc1cc(NC(=O)NC2C(C)CN(Cc3ccccc3)CC2C)no1.Cc1cc(NC(=O)NC2CCN(Cc3ccccc3)CC2)c(C(C)(F)F)o1.O=C(Nc1ccncc1[NH2+][O-])NC1CCN(Cc2ccccc2)CC1. The molecule has 0 spiro atoms. The first-order valence-corrected chi connectivity index (χ1v) is 36.6. The Morgan fingerprint density at radius 1 is 0.532 bits per heavy atom. The first-order chi connectivity index (χ1) is 51.6. The molecule has 2 unspecified atom stereocenters. The van der Waals surface area contributed by atoms with Gasteiger partial charge in [0.25, 0.3) is 5.92 Å². The van der Waals surface area contributed by atoms with Crippen molar-refractivity contribution in [2.75, 3.05) is 80.2 Å². The van der Waals surface area contributed by atoms with E-state index in [0.29, 0.717) is 84.1 Å². The summed E-state index contributed by atoms with van der Waals surface area (Å²) < 4.78 is 104. The number of nitrogens with zero attached hydrogens (tertiary/aromatic N) is 6. The maximum absolute atomic E-state index is 13.6. The number of furan rings is 1. The van der Waals surface area contributed by atoms with Crippen LogP contribution >= 0.6 is 0 Å². The first kappa shape index (κ1) is 84.9. The maximum Gasteiger partial charge on any atom is 0.416 e. The molecule has 0 radical (unpaired) electrons. The fourth-order valence-electron chi connectivity index (χ4n) is 13.9. The zero-order valence-corrected chi connectivity index (χ0v) is 61.8. The van der Waals surface area contributed by atoms with E-state index in [1.165, 1.54) is 34.5 Å². The molecule has 0 saturated carbocycles. The summed E-state index contributed by atoms with van der Waals surface area (Å²) in [6.45, 7) is 18.8. The van der Waals surface area contributed by atoms with E-state index in [0.717, 1.165) is 117 Å². The Labute approximate surface area is 633 Å². The molecule has 21 nitrogen and oxygen atoms in total. The third kappa shape index (κ3) is 28.0. The second kappa shape index (κ2) is 40.6. The molecule has 12 rings (SSSR count). The number of amides is 7. The van der Waals surface area contributed by atoms with Crippen molar-refractivity contribution in [1.82, 2.24) is 45.7 Å². The van der Waals surface area contributed by atoms with Crippen molar-refractivity contribution < 1.29 is 64.3 Å². The van der Waals surface area contributed by atoms with Crippen LogP contribution in [0.3, 0.4) is 0 Å². The van der Waals surface area contributed by atoms with Gasteiger partial charge in [0.2, 0.25) is 5.91 Å². The van der Waals surface area contributed by atoms with Crippen molar-refractivity contribution in [3.05, 3.63) is 226 Å². The largest absolute Gasteiger partial charge is 0.630 e. The molecule has 4 fully saturated rings. The highest BCUT2D eigenvalue weighted by molar-refractivity contribution is 5.93. The summed E-state index contributed by atoms with van der Waals surface area (Å²) in [6, 6.07) is 47.4. The van der Waals surface area contributed by atoms with Crippen LogP contribution < -0.4 is 42.7 Å². The number of aryl methyl sites for hydroxylation is 2. The molecular formula is C81H103F7N14O7. The van der Waals surface area contributed by atoms with Gasteiger partial charge in [-0.2, -0.15) is 22.0 Å². The van der Waals surface area contributed by atoms with Gasteiger partial charge < -0.3 is 51.5 Å². The number of carbonyl (C=O) groups is 4. The molecule has 0 aliphatic carbocycles. The third-order valence-corrected chi connectivity index (χ3v) is 19.3. The van der Waals surface area contributed by atoms with Crippen LogP contribution in [0.1, 0.15) is 124 Å². The Balaban J connectivity index is 0.000000183. The molecule has 4 aliphatic heterocycles. The minimum Gasteiger partial charge on any atom is -0.630 e. The second-order valence-corrected chi connectivity index (χ2v) is 28.6. The van der Waals surface area contributed by atoms with Crippen LogP contribution in [0.25, 0.3) is 0 Å². The van der Waals surface area contributed by atoms with Gasteiger partial charge in [-0.3, -0.25) is 34.7 Å². The lowest BCUT2D eigenvalue weighted by molar-refractivity contribution is -0.496. The van der Waals surface area contributed by atoms with Crippen molar-refractivity contribution in [3.8, 4) is 0 Å². The van der Waals surface area contributed by atoms with Crippen molar-refractivity contribution in [3.63, 3.8) is 0 Å². The van der Waals surface area contributed by atoms with Gasteiger partial charge in [0.1, 0.15) is 17.2 Å². The third-order valence-electron chi connectivity index (χ3n) is 19.3. The summed E-state index contributed by atoms with van der Waals surface area (Å²) >= 11 is 0. The average Bonchev–Trinajstić information content (AvgIpc) is 1.71. The number of urea groups is 3. The minimum absolute atomic E-state index is 0. The lowest BCUT2D eigenvalue weighted by atomic mass is 9.85. The number of aromatic nitrogens is 2. The lowest BCUT2D eigenvalue weighted by Crippen LogP contribution is -2.70. The Hall–Kier alpha value is -9.71.